The quantitative estimate of drug-likeness (QED) is 0.665. The molecule has 0 saturated carbocycles. The predicted octanol–water partition coefficient (Wildman–Crippen LogP) is 1.82. The summed E-state index contributed by atoms with van der Waals surface area (Å²) in [6, 6.07) is 7.54. The lowest BCUT2D eigenvalue weighted by Gasteiger charge is -2.12. The standard InChI is InChI=1S/C10H12O3/c1-10(7-12-10)13-9-6-4-3-5-8(9)11-2/h3-6H,7H2,1-2H3. The van der Waals surface area contributed by atoms with Gasteiger partial charge in [0.15, 0.2) is 11.5 Å². The van der Waals surface area contributed by atoms with E-state index in [0.29, 0.717) is 6.61 Å². The first kappa shape index (κ1) is 8.38. The summed E-state index contributed by atoms with van der Waals surface area (Å²) in [7, 11) is 1.62. The molecule has 1 aromatic carbocycles. The Kier molecular flexibility index (Phi) is 1.88. The van der Waals surface area contributed by atoms with E-state index in [1.807, 2.05) is 31.2 Å². The van der Waals surface area contributed by atoms with Gasteiger partial charge in [-0.2, -0.15) is 0 Å². The molecule has 1 fully saturated rings. The van der Waals surface area contributed by atoms with Crippen molar-refractivity contribution >= 4 is 0 Å². The highest BCUT2D eigenvalue weighted by Gasteiger charge is 2.42. The van der Waals surface area contributed by atoms with Crippen molar-refractivity contribution in [3.8, 4) is 11.5 Å². The topological polar surface area (TPSA) is 31.0 Å². The van der Waals surface area contributed by atoms with Crippen LogP contribution in [0.3, 0.4) is 0 Å². The van der Waals surface area contributed by atoms with Crippen molar-refractivity contribution in [2.24, 2.45) is 0 Å². The lowest BCUT2D eigenvalue weighted by atomic mass is 10.3. The summed E-state index contributed by atoms with van der Waals surface area (Å²) < 4.78 is 15.8. The Balaban J connectivity index is 2.18. The maximum atomic E-state index is 5.59. The molecule has 3 heteroatoms. The van der Waals surface area contributed by atoms with Crippen LogP contribution in [-0.2, 0) is 4.74 Å². The minimum Gasteiger partial charge on any atom is -0.493 e. The highest BCUT2D eigenvalue weighted by Crippen LogP contribution is 2.35. The van der Waals surface area contributed by atoms with Crippen molar-refractivity contribution in [1.82, 2.24) is 0 Å². The monoisotopic (exact) mass is 180 g/mol. The summed E-state index contributed by atoms with van der Waals surface area (Å²) in [4.78, 5) is 0. The van der Waals surface area contributed by atoms with Crippen LogP contribution in [0.2, 0.25) is 0 Å². The largest absolute Gasteiger partial charge is 0.493 e. The van der Waals surface area contributed by atoms with Crippen LogP contribution in [0.25, 0.3) is 0 Å². The third-order valence-corrected chi connectivity index (χ3v) is 1.95. The summed E-state index contributed by atoms with van der Waals surface area (Å²) in [5.74, 6) is 1.03. The second-order valence-electron chi connectivity index (χ2n) is 3.18. The minimum absolute atomic E-state index is 0.436. The van der Waals surface area contributed by atoms with E-state index < -0.39 is 5.79 Å². The third kappa shape index (κ3) is 1.75. The van der Waals surface area contributed by atoms with Crippen LogP contribution < -0.4 is 9.47 Å². The average molecular weight is 180 g/mol. The van der Waals surface area contributed by atoms with E-state index in [2.05, 4.69) is 0 Å². The number of para-hydroxylation sites is 2. The number of ether oxygens (including phenoxy) is 3. The Hall–Kier alpha value is -1.22. The van der Waals surface area contributed by atoms with E-state index in [4.69, 9.17) is 14.2 Å². The first-order valence-electron chi connectivity index (χ1n) is 4.19. The summed E-state index contributed by atoms with van der Waals surface area (Å²) in [5, 5.41) is 0. The number of epoxide rings is 1. The van der Waals surface area contributed by atoms with Crippen LogP contribution in [0.15, 0.2) is 24.3 Å². The molecule has 70 valence electrons. The molecule has 2 rings (SSSR count). The maximum Gasteiger partial charge on any atom is 0.231 e. The first-order chi connectivity index (χ1) is 6.23. The minimum atomic E-state index is -0.436. The number of benzene rings is 1. The molecule has 1 aromatic rings. The fraction of sp³-hybridized carbons (Fsp3) is 0.400. The Bertz CT molecular complexity index is 305. The Labute approximate surface area is 77.2 Å². The zero-order chi connectivity index (χ0) is 9.31. The zero-order valence-electron chi connectivity index (χ0n) is 7.74. The van der Waals surface area contributed by atoms with Gasteiger partial charge in [-0.1, -0.05) is 12.1 Å². The lowest BCUT2D eigenvalue weighted by molar-refractivity contribution is 0.0770. The van der Waals surface area contributed by atoms with Crippen LogP contribution in [0.5, 0.6) is 11.5 Å². The van der Waals surface area contributed by atoms with Gasteiger partial charge >= 0.3 is 0 Å². The highest BCUT2D eigenvalue weighted by molar-refractivity contribution is 5.39. The van der Waals surface area contributed by atoms with Gasteiger partial charge in [-0.15, -0.1) is 0 Å². The maximum absolute atomic E-state index is 5.59. The molecule has 1 atom stereocenters. The van der Waals surface area contributed by atoms with Crippen molar-refractivity contribution in [2.75, 3.05) is 13.7 Å². The van der Waals surface area contributed by atoms with Crippen molar-refractivity contribution in [3.05, 3.63) is 24.3 Å². The van der Waals surface area contributed by atoms with E-state index in [9.17, 15) is 0 Å². The van der Waals surface area contributed by atoms with Gasteiger partial charge in [0, 0.05) is 6.92 Å². The Morgan fingerprint density at radius 3 is 2.46 bits per heavy atom. The van der Waals surface area contributed by atoms with Crippen LogP contribution in [0, 0.1) is 0 Å². The molecule has 1 heterocycles. The number of rotatable bonds is 3. The predicted molar refractivity (Wildman–Crippen MR) is 48.0 cm³/mol. The molecule has 1 aliphatic rings. The van der Waals surface area contributed by atoms with Crippen LogP contribution in [-0.4, -0.2) is 19.5 Å². The summed E-state index contributed by atoms with van der Waals surface area (Å²) in [6.07, 6.45) is 0. The second-order valence-corrected chi connectivity index (χ2v) is 3.18. The molecule has 13 heavy (non-hydrogen) atoms. The average Bonchev–Trinajstić information content (AvgIpc) is 2.84. The fourth-order valence-electron chi connectivity index (χ4n) is 1.10. The Morgan fingerprint density at radius 1 is 1.31 bits per heavy atom. The molecule has 0 N–H and O–H groups in total. The molecule has 3 nitrogen and oxygen atoms in total. The van der Waals surface area contributed by atoms with Gasteiger partial charge in [0.05, 0.1) is 7.11 Å². The van der Waals surface area contributed by atoms with Crippen molar-refractivity contribution < 1.29 is 14.2 Å². The summed E-state index contributed by atoms with van der Waals surface area (Å²) >= 11 is 0. The first-order valence-corrected chi connectivity index (χ1v) is 4.19. The number of hydrogen-bond donors (Lipinski definition) is 0. The molecule has 0 amide bonds. The van der Waals surface area contributed by atoms with Gasteiger partial charge in [-0.25, -0.2) is 0 Å². The Morgan fingerprint density at radius 2 is 1.92 bits per heavy atom. The van der Waals surface area contributed by atoms with Gasteiger partial charge in [-0.05, 0) is 12.1 Å². The van der Waals surface area contributed by atoms with E-state index in [0.717, 1.165) is 11.5 Å². The molecule has 0 bridgehead atoms. The molecule has 0 spiro atoms. The normalized spacial score (nSPS) is 25.4. The van der Waals surface area contributed by atoms with E-state index in [1.54, 1.807) is 7.11 Å². The smallest absolute Gasteiger partial charge is 0.231 e. The molecule has 1 aliphatic heterocycles. The molecular weight excluding hydrogens is 168 g/mol. The highest BCUT2D eigenvalue weighted by atomic mass is 16.8. The SMILES string of the molecule is COc1ccccc1OC1(C)CO1. The van der Waals surface area contributed by atoms with E-state index in [-0.39, 0.29) is 0 Å². The molecule has 0 aliphatic carbocycles. The molecule has 0 radical (unpaired) electrons. The van der Waals surface area contributed by atoms with Crippen LogP contribution in [0.1, 0.15) is 6.92 Å². The van der Waals surface area contributed by atoms with Crippen LogP contribution >= 0.6 is 0 Å². The lowest BCUT2D eigenvalue weighted by Crippen LogP contribution is -2.14. The zero-order valence-corrected chi connectivity index (χ0v) is 7.74. The van der Waals surface area contributed by atoms with Gasteiger partial charge < -0.3 is 14.2 Å². The molecular formula is C10H12O3. The van der Waals surface area contributed by atoms with Crippen molar-refractivity contribution in [3.63, 3.8) is 0 Å². The second kappa shape index (κ2) is 2.92. The number of methoxy groups -OCH3 is 1. The summed E-state index contributed by atoms with van der Waals surface area (Å²) in [6.45, 7) is 2.55. The van der Waals surface area contributed by atoms with Gasteiger partial charge in [0.25, 0.3) is 0 Å². The van der Waals surface area contributed by atoms with E-state index >= 15 is 0 Å². The fourth-order valence-corrected chi connectivity index (χ4v) is 1.10. The van der Waals surface area contributed by atoms with Gasteiger partial charge in [0.1, 0.15) is 6.61 Å². The van der Waals surface area contributed by atoms with Crippen LogP contribution in [0.4, 0.5) is 0 Å². The number of hydrogen-bond acceptors (Lipinski definition) is 3. The third-order valence-electron chi connectivity index (χ3n) is 1.95. The van der Waals surface area contributed by atoms with Crippen molar-refractivity contribution in [2.45, 2.75) is 12.7 Å². The molecule has 1 saturated heterocycles. The summed E-state index contributed by atoms with van der Waals surface area (Å²) in [5.41, 5.74) is 0. The van der Waals surface area contributed by atoms with E-state index in [1.165, 1.54) is 0 Å². The van der Waals surface area contributed by atoms with Gasteiger partial charge in [-0.3, -0.25) is 0 Å². The van der Waals surface area contributed by atoms with Gasteiger partial charge in [0.2, 0.25) is 5.79 Å². The molecule has 0 aromatic heterocycles. The molecule has 1 unspecified atom stereocenters. The van der Waals surface area contributed by atoms with Crippen molar-refractivity contribution in [1.29, 1.82) is 0 Å².